The van der Waals surface area contributed by atoms with Gasteiger partial charge in [0.2, 0.25) is 0 Å². The standard InChI is InChI=1S/C22H21FN6O2.CH2O2/c1-12(2)29-17(5-6-26-29)14-7-19-22(28-11-25-27-21(14)28)24-8-15-16(23)3-4-18-20(15)13(9-30-18)10-31-19;2-1-3/h3-7,11-13,24H,8-10H2,1-2H3;1H,(H,2,3)/t13-;/m1./s1. The molecule has 10 nitrogen and oxygen atoms in total. The molecule has 5 heterocycles. The number of nitrogens with one attached hydrogen (secondary N) is 1. The average Bonchev–Trinajstić information content (AvgIpc) is 3.57. The quantitative estimate of drug-likeness (QED) is 0.432. The van der Waals surface area contributed by atoms with E-state index in [0.717, 1.165) is 22.6 Å². The molecule has 0 saturated carbocycles. The first-order valence-electron chi connectivity index (χ1n) is 10.8. The highest BCUT2D eigenvalue weighted by atomic mass is 19.1. The van der Waals surface area contributed by atoms with Crippen LogP contribution in [0.25, 0.3) is 16.9 Å². The van der Waals surface area contributed by atoms with Crippen LogP contribution in [0.1, 0.15) is 36.9 Å². The van der Waals surface area contributed by atoms with Crippen molar-refractivity contribution in [2.24, 2.45) is 0 Å². The lowest BCUT2D eigenvalue weighted by Gasteiger charge is -2.17. The van der Waals surface area contributed by atoms with Gasteiger partial charge in [0, 0.05) is 35.5 Å². The van der Waals surface area contributed by atoms with E-state index in [-0.39, 0.29) is 24.2 Å². The summed E-state index contributed by atoms with van der Waals surface area (Å²) in [5.41, 5.74) is 3.98. The Kier molecular flexibility index (Phi) is 5.52. The highest BCUT2D eigenvalue weighted by Crippen LogP contribution is 2.42. The van der Waals surface area contributed by atoms with Gasteiger partial charge in [0.05, 0.1) is 24.8 Å². The first kappa shape index (κ1) is 21.7. The number of halogens is 1. The Morgan fingerprint density at radius 3 is 2.76 bits per heavy atom. The molecule has 0 bridgehead atoms. The normalized spacial score (nSPS) is 16.1. The van der Waals surface area contributed by atoms with Gasteiger partial charge in [0.15, 0.2) is 17.2 Å². The number of anilines is 1. The third kappa shape index (κ3) is 3.49. The predicted molar refractivity (Wildman–Crippen MR) is 121 cm³/mol. The first-order chi connectivity index (χ1) is 16.5. The molecule has 2 aliphatic rings. The number of carbonyl (C=O) groups is 1. The Labute approximate surface area is 193 Å². The van der Waals surface area contributed by atoms with Crippen LogP contribution in [0.5, 0.6) is 11.5 Å². The second kappa shape index (κ2) is 8.65. The Morgan fingerprint density at radius 1 is 1.24 bits per heavy atom. The van der Waals surface area contributed by atoms with Crippen molar-refractivity contribution in [2.75, 3.05) is 18.5 Å². The van der Waals surface area contributed by atoms with Crippen LogP contribution in [0.3, 0.4) is 0 Å². The van der Waals surface area contributed by atoms with Crippen LogP contribution in [0.15, 0.2) is 36.8 Å². The summed E-state index contributed by atoms with van der Waals surface area (Å²) in [6.07, 6.45) is 3.42. The van der Waals surface area contributed by atoms with Gasteiger partial charge in [-0.15, -0.1) is 10.2 Å². The van der Waals surface area contributed by atoms with Gasteiger partial charge in [-0.25, -0.2) is 4.39 Å². The van der Waals surface area contributed by atoms with Gasteiger partial charge in [0.1, 0.15) is 17.9 Å². The number of rotatable bonds is 2. The molecule has 0 saturated heterocycles. The number of ether oxygens (including phenoxy) is 2. The van der Waals surface area contributed by atoms with E-state index in [0.29, 0.717) is 42.5 Å². The van der Waals surface area contributed by atoms with Gasteiger partial charge < -0.3 is 19.9 Å². The zero-order valence-electron chi connectivity index (χ0n) is 18.6. The van der Waals surface area contributed by atoms with E-state index in [1.165, 1.54) is 6.07 Å². The number of hydrogen-bond acceptors (Lipinski definition) is 7. The van der Waals surface area contributed by atoms with Gasteiger partial charge >= 0.3 is 0 Å². The van der Waals surface area contributed by atoms with Crippen molar-refractivity contribution >= 4 is 17.9 Å². The van der Waals surface area contributed by atoms with E-state index in [4.69, 9.17) is 19.4 Å². The van der Waals surface area contributed by atoms with Crippen LogP contribution in [0, 0.1) is 5.82 Å². The summed E-state index contributed by atoms with van der Waals surface area (Å²) in [5.74, 6) is 1.80. The minimum Gasteiger partial charge on any atom is -0.493 e. The van der Waals surface area contributed by atoms with Crippen molar-refractivity contribution in [2.45, 2.75) is 32.4 Å². The maximum Gasteiger partial charge on any atom is 0.290 e. The van der Waals surface area contributed by atoms with E-state index in [1.807, 2.05) is 21.2 Å². The topological polar surface area (TPSA) is 116 Å². The summed E-state index contributed by atoms with van der Waals surface area (Å²) in [6.45, 7) is 5.08. The van der Waals surface area contributed by atoms with Crippen molar-refractivity contribution in [3.63, 3.8) is 0 Å². The van der Waals surface area contributed by atoms with Gasteiger partial charge in [-0.2, -0.15) is 5.10 Å². The molecule has 2 N–H and O–H groups in total. The highest BCUT2D eigenvalue weighted by molar-refractivity contribution is 5.80. The maximum atomic E-state index is 14.7. The van der Waals surface area contributed by atoms with Crippen molar-refractivity contribution in [3.05, 3.63) is 53.7 Å². The van der Waals surface area contributed by atoms with Crippen molar-refractivity contribution < 1.29 is 23.8 Å². The smallest absolute Gasteiger partial charge is 0.290 e. The second-order valence-electron chi connectivity index (χ2n) is 8.27. The molecule has 0 amide bonds. The summed E-state index contributed by atoms with van der Waals surface area (Å²) in [4.78, 5) is 8.36. The lowest BCUT2D eigenvalue weighted by Crippen LogP contribution is -2.13. The third-order valence-corrected chi connectivity index (χ3v) is 5.95. The number of fused-ring (bicyclic) bond motifs is 3. The second-order valence-corrected chi connectivity index (χ2v) is 8.27. The largest absolute Gasteiger partial charge is 0.493 e. The Balaban J connectivity index is 0.000000764. The number of carboxylic acid groups (broad SMARTS) is 1. The number of aromatic nitrogens is 5. The molecule has 11 heteroatoms. The lowest BCUT2D eigenvalue weighted by molar-refractivity contribution is -0.122. The lowest BCUT2D eigenvalue weighted by atomic mass is 9.96. The molecule has 34 heavy (non-hydrogen) atoms. The molecule has 1 aromatic carbocycles. The zero-order valence-corrected chi connectivity index (χ0v) is 18.6. The fourth-order valence-electron chi connectivity index (χ4n) is 4.51. The molecule has 176 valence electrons. The SMILES string of the molecule is CC(C)n1nccc1-c1cc2c(n3cnnc13)NCc1c(F)ccc3c1[C@H](CO3)CO2.O=CO. The summed E-state index contributed by atoms with van der Waals surface area (Å²) in [6, 6.07) is 7.26. The molecule has 0 fully saturated rings. The van der Waals surface area contributed by atoms with Crippen LogP contribution in [-0.4, -0.2) is 49.2 Å². The van der Waals surface area contributed by atoms with Crippen LogP contribution >= 0.6 is 0 Å². The fourth-order valence-corrected chi connectivity index (χ4v) is 4.51. The minimum absolute atomic E-state index is 0.0327. The molecular weight excluding hydrogens is 443 g/mol. The van der Waals surface area contributed by atoms with Crippen molar-refractivity contribution in [3.8, 4) is 22.8 Å². The van der Waals surface area contributed by atoms with E-state index in [9.17, 15) is 4.39 Å². The molecule has 0 unspecified atom stereocenters. The van der Waals surface area contributed by atoms with Crippen LogP contribution in [0.4, 0.5) is 10.2 Å². The van der Waals surface area contributed by atoms with Crippen molar-refractivity contribution in [1.29, 1.82) is 0 Å². The van der Waals surface area contributed by atoms with Crippen LogP contribution in [-0.2, 0) is 11.3 Å². The van der Waals surface area contributed by atoms with E-state index < -0.39 is 0 Å². The van der Waals surface area contributed by atoms with Gasteiger partial charge in [0.25, 0.3) is 6.47 Å². The number of pyridine rings is 1. The summed E-state index contributed by atoms with van der Waals surface area (Å²) < 4.78 is 30.6. The van der Waals surface area contributed by atoms with E-state index in [2.05, 4.69) is 34.5 Å². The highest BCUT2D eigenvalue weighted by Gasteiger charge is 2.31. The predicted octanol–water partition coefficient (Wildman–Crippen LogP) is 3.49. The van der Waals surface area contributed by atoms with Gasteiger partial charge in [-0.05, 0) is 38.1 Å². The minimum atomic E-state index is -0.250. The molecular formula is C23H23FN6O4. The van der Waals surface area contributed by atoms with Crippen LogP contribution in [0.2, 0.25) is 0 Å². The molecule has 3 aromatic heterocycles. The molecule has 0 aliphatic carbocycles. The number of benzene rings is 1. The maximum absolute atomic E-state index is 14.7. The third-order valence-electron chi connectivity index (χ3n) is 5.95. The molecule has 2 aliphatic heterocycles. The summed E-state index contributed by atoms with van der Waals surface area (Å²) in [7, 11) is 0. The van der Waals surface area contributed by atoms with Crippen molar-refractivity contribution in [1.82, 2.24) is 24.4 Å². The Bertz CT molecular complexity index is 1370. The number of nitrogens with zero attached hydrogens (tertiary/aromatic N) is 5. The molecule has 0 spiro atoms. The monoisotopic (exact) mass is 466 g/mol. The molecule has 0 radical (unpaired) electrons. The average molecular weight is 466 g/mol. The molecule has 4 aromatic rings. The van der Waals surface area contributed by atoms with Gasteiger partial charge in [-0.3, -0.25) is 13.9 Å². The first-order valence-corrected chi connectivity index (χ1v) is 10.8. The van der Waals surface area contributed by atoms with Crippen LogP contribution < -0.4 is 14.8 Å². The van der Waals surface area contributed by atoms with E-state index in [1.54, 1.807) is 18.6 Å². The molecule has 1 atom stereocenters. The fraction of sp³-hybridized carbons (Fsp3) is 0.304. The summed E-state index contributed by atoms with van der Waals surface area (Å²) in [5, 5.41) is 23.2. The summed E-state index contributed by atoms with van der Waals surface area (Å²) >= 11 is 0. The number of hydrogen-bond donors (Lipinski definition) is 2. The van der Waals surface area contributed by atoms with E-state index >= 15 is 0 Å². The molecule has 6 rings (SSSR count). The van der Waals surface area contributed by atoms with Gasteiger partial charge in [-0.1, -0.05) is 0 Å². The zero-order chi connectivity index (χ0) is 23.8. The Morgan fingerprint density at radius 2 is 2.00 bits per heavy atom. The Hall–Kier alpha value is -4.15.